The first-order chi connectivity index (χ1) is 8.46. The van der Waals surface area contributed by atoms with Crippen LogP contribution in [0, 0.1) is 5.41 Å². The van der Waals surface area contributed by atoms with Gasteiger partial charge >= 0.3 is 0 Å². The molecule has 0 fully saturated rings. The van der Waals surface area contributed by atoms with Gasteiger partial charge in [-0.3, -0.25) is 4.57 Å². The van der Waals surface area contributed by atoms with Crippen LogP contribution in [0.4, 0.5) is 0 Å². The summed E-state index contributed by atoms with van der Waals surface area (Å²) in [4.78, 5) is 32.2. The zero-order valence-corrected chi connectivity index (χ0v) is 11.3. The molecule has 0 bridgehead atoms. The van der Waals surface area contributed by atoms with Crippen LogP contribution in [0.3, 0.4) is 0 Å². The largest absolute Gasteiger partial charge is 0.860 e. The maximum atomic E-state index is 11.4. The Kier molecular flexibility index (Phi) is 6.61. The van der Waals surface area contributed by atoms with Crippen LogP contribution in [0.2, 0.25) is 0 Å². The third-order valence-corrected chi connectivity index (χ3v) is 2.61. The standard InChI is InChI=1S/C9H18NO8P/c1-9(2,5-18-19(15,16)17)7(13)8(14)10-4-3-6(11)12/h7,13H,3-5H2,1-2H3,(H,10,14)(H,11,12)(H2,15,16,17)/p-3/t7-/m0/s1. The zero-order chi connectivity index (χ0) is 15.3. The van der Waals surface area contributed by atoms with Gasteiger partial charge in [0.15, 0.2) is 0 Å². The smallest absolute Gasteiger partial charge is 0.265 e. The third kappa shape index (κ3) is 7.91. The van der Waals surface area contributed by atoms with Crippen molar-refractivity contribution in [2.45, 2.75) is 26.4 Å². The van der Waals surface area contributed by atoms with Gasteiger partial charge < -0.3 is 39.4 Å². The first kappa shape index (κ1) is 18.0. The van der Waals surface area contributed by atoms with E-state index in [1.54, 1.807) is 0 Å². The number of nitrogens with zero attached hydrogens (tertiary/aromatic N) is 1. The molecule has 0 amide bonds. The Bertz CT molecular complexity index is 388. The fraction of sp³-hybridized carbons (Fsp3) is 0.778. The highest BCUT2D eigenvalue weighted by molar-refractivity contribution is 7.44. The second kappa shape index (κ2) is 6.97. The average molecular weight is 296 g/mol. The van der Waals surface area contributed by atoms with Gasteiger partial charge in [0.05, 0.1) is 12.7 Å². The summed E-state index contributed by atoms with van der Waals surface area (Å²) in [7, 11) is -4.96. The van der Waals surface area contributed by atoms with E-state index in [4.69, 9.17) is 4.89 Å². The number of carbonyl (C=O) groups excluding carboxylic acids is 1. The summed E-state index contributed by atoms with van der Waals surface area (Å²) in [5.74, 6) is -2.39. The van der Waals surface area contributed by atoms with E-state index in [0.717, 1.165) is 0 Å². The number of carbonyl (C=O) groups is 1. The number of phosphoric ester groups is 1. The van der Waals surface area contributed by atoms with Gasteiger partial charge in [0.1, 0.15) is 0 Å². The number of hydrogen-bond donors (Lipinski definition) is 2. The summed E-state index contributed by atoms with van der Waals surface area (Å²) in [6.07, 6.45) is -2.16. The number of aliphatic carboxylic acids is 1. The molecular weight excluding hydrogens is 281 g/mol. The van der Waals surface area contributed by atoms with E-state index in [9.17, 15) is 29.6 Å². The predicted molar refractivity (Wildman–Crippen MR) is 57.5 cm³/mol. The van der Waals surface area contributed by atoms with Gasteiger partial charge in [0, 0.05) is 24.3 Å². The first-order valence-electron chi connectivity index (χ1n) is 5.23. The Balaban J connectivity index is 4.55. The van der Waals surface area contributed by atoms with Gasteiger partial charge in [-0.2, -0.15) is 0 Å². The molecular formula is C9H15NO8P-3. The van der Waals surface area contributed by atoms with Gasteiger partial charge in [-0.05, 0) is 5.90 Å². The second-order valence-corrected chi connectivity index (χ2v) is 5.67. The molecule has 0 saturated carbocycles. The third-order valence-electron chi connectivity index (χ3n) is 2.16. The lowest BCUT2D eigenvalue weighted by Crippen LogP contribution is -2.45. The number of aliphatic hydroxyl groups is 1. The number of hydrogen-bond acceptors (Lipinski definition) is 8. The Morgan fingerprint density at radius 2 is 2.00 bits per heavy atom. The highest BCUT2D eigenvalue weighted by atomic mass is 31.2. The number of carboxylic acid groups (broad SMARTS) is 1. The molecule has 112 valence electrons. The topological polar surface area (TPSA) is 165 Å². The van der Waals surface area contributed by atoms with Crippen molar-refractivity contribution in [2.24, 2.45) is 10.4 Å². The molecule has 0 spiro atoms. The van der Waals surface area contributed by atoms with Crippen molar-refractivity contribution >= 4 is 19.7 Å². The Labute approximate surface area is 109 Å². The van der Waals surface area contributed by atoms with E-state index >= 15 is 0 Å². The molecule has 0 aromatic rings. The summed E-state index contributed by atoms with van der Waals surface area (Å²) in [5, 5.41) is 31.2. The Hall–Kier alpha value is -0.990. The molecule has 1 unspecified atom stereocenters. The molecule has 19 heavy (non-hydrogen) atoms. The van der Waals surface area contributed by atoms with Gasteiger partial charge in [-0.15, -0.1) is 0 Å². The minimum atomic E-state index is -4.96. The minimum absolute atomic E-state index is 0.352. The molecule has 2 atom stereocenters. The highest BCUT2D eigenvalue weighted by Gasteiger charge is 2.29. The SMILES string of the molecule is CC(C)(COP(=O)([O-])O)[C@@H](O)C([O-])=NCCC(=O)[O-]. The molecule has 2 N–H and O–H groups in total. The molecule has 0 heterocycles. The lowest BCUT2D eigenvalue weighted by molar-refractivity contribution is -0.305. The molecule has 0 aromatic heterocycles. The zero-order valence-electron chi connectivity index (χ0n) is 10.4. The molecule has 0 radical (unpaired) electrons. The molecule has 0 saturated heterocycles. The summed E-state index contributed by atoms with van der Waals surface area (Å²) in [6.45, 7) is 1.65. The van der Waals surface area contributed by atoms with Crippen LogP contribution in [-0.4, -0.2) is 41.1 Å². The Morgan fingerprint density at radius 1 is 1.47 bits per heavy atom. The van der Waals surface area contributed by atoms with E-state index in [1.165, 1.54) is 13.8 Å². The normalized spacial score (nSPS) is 17.8. The molecule has 10 heteroatoms. The summed E-state index contributed by atoms with van der Waals surface area (Å²) in [6, 6.07) is 0. The van der Waals surface area contributed by atoms with Crippen LogP contribution in [0.25, 0.3) is 0 Å². The quantitative estimate of drug-likeness (QED) is 0.267. The van der Waals surface area contributed by atoms with Gasteiger partial charge in [-0.25, -0.2) is 0 Å². The number of phosphoric acid groups is 1. The number of aliphatic hydroxyl groups excluding tert-OH is 1. The fourth-order valence-electron chi connectivity index (χ4n) is 1.00. The van der Waals surface area contributed by atoms with Crippen molar-refractivity contribution in [3.05, 3.63) is 0 Å². The molecule has 0 aromatic carbocycles. The van der Waals surface area contributed by atoms with Crippen molar-refractivity contribution in [3.63, 3.8) is 0 Å². The maximum Gasteiger partial charge on any atom is 0.265 e. The molecule has 9 nitrogen and oxygen atoms in total. The van der Waals surface area contributed by atoms with E-state index in [0.29, 0.717) is 0 Å². The van der Waals surface area contributed by atoms with E-state index in [-0.39, 0.29) is 6.54 Å². The number of carboxylic acids is 1. The minimum Gasteiger partial charge on any atom is -0.860 e. The molecule has 0 aliphatic heterocycles. The van der Waals surface area contributed by atoms with Crippen LogP contribution in [-0.2, 0) is 13.9 Å². The molecule has 0 aliphatic carbocycles. The van der Waals surface area contributed by atoms with Gasteiger partial charge in [-0.1, -0.05) is 13.8 Å². The van der Waals surface area contributed by atoms with Crippen LogP contribution >= 0.6 is 7.82 Å². The monoisotopic (exact) mass is 296 g/mol. The van der Waals surface area contributed by atoms with Crippen LogP contribution in [0.5, 0.6) is 0 Å². The predicted octanol–water partition coefficient (Wildman–Crippen LogP) is -3.25. The van der Waals surface area contributed by atoms with Crippen LogP contribution in [0.1, 0.15) is 20.3 Å². The molecule has 0 rings (SSSR count). The van der Waals surface area contributed by atoms with Crippen LogP contribution in [0.15, 0.2) is 4.99 Å². The van der Waals surface area contributed by atoms with Gasteiger partial charge in [0.25, 0.3) is 7.82 Å². The van der Waals surface area contributed by atoms with Crippen molar-refractivity contribution in [1.29, 1.82) is 0 Å². The first-order valence-corrected chi connectivity index (χ1v) is 6.73. The number of rotatable bonds is 8. The van der Waals surface area contributed by atoms with Gasteiger partial charge in [0.2, 0.25) is 0 Å². The van der Waals surface area contributed by atoms with Crippen molar-refractivity contribution in [2.75, 3.05) is 13.2 Å². The maximum absolute atomic E-state index is 11.4. The van der Waals surface area contributed by atoms with E-state index in [2.05, 4.69) is 9.52 Å². The lowest BCUT2D eigenvalue weighted by atomic mass is 9.87. The summed E-state index contributed by atoms with van der Waals surface area (Å²) >= 11 is 0. The average Bonchev–Trinajstić information content (AvgIpc) is 2.24. The summed E-state index contributed by atoms with van der Waals surface area (Å²) < 4.78 is 14.5. The fourth-order valence-corrected chi connectivity index (χ4v) is 1.50. The highest BCUT2D eigenvalue weighted by Crippen LogP contribution is 2.34. The van der Waals surface area contributed by atoms with Crippen molar-refractivity contribution < 1.29 is 39.0 Å². The van der Waals surface area contributed by atoms with Crippen LogP contribution < -0.4 is 15.1 Å². The van der Waals surface area contributed by atoms with Crippen molar-refractivity contribution in [3.8, 4) is 0 Å². The van der Waals surface area contributed by atoms with E-state index in [1.807, 2.05) is 0 Å². The summed E-state index contributed by atoms with van der Waals surface area (Å²) in [5.41, 5.74) is -1.33. The van der Waals surface area contributed by atoms with Crippen molar-refractivity contribution in [1.82, 2.24) is 0 Å². The second-order valence-electron chi connectivity index (χ2n) is 4.48. The molecule has 0 aliphatic rings. The Morgan fingerprint density at radius 3 is 2.42 bits per heavy atom. The number of aliphatic imine (C=N–C) groups is 1. The van der Waals surface area contributed by atoms with E-state index < -0.39 is 44.2 Å². The lowest BCUT2D eigenvalue weighted by Gasteiger charge is -2.34.